The number of benzene rings is 2. The fourth-order valence-electron chi connectivity index (χ4n) is 4.04. The highest BCUT2D eigenvalue weighted by Gasteiger charge is 2.21. The Bertz CT molecular complexity index is 1220. The van der Waals surface area contributed by atoms with Crippen LogP contribution in [0.25, 0.3) is 27.1 Å². The van der Waals surface area contributed by atoms with Crippen molar-refractivity contribution in [3.05, 3.63) is 48.3 Å². The van der Waals surface area contributed by atoms with Crippen LogP contribution in [0.2, 0.25) is 0 Å². The van der Waals surface area contributed by atoms with E-state index in [-0.39, 0.29) is 0 Å². The van der Waals surface area contributed by atoms with Crippen molar-refractivity contribution in [2.75, 3.05) is 28.4 Å². The molecule has 2 aromatic carbocycles. The fraction of sp³-hybridized carbons (Fsp3) is 0.292. The second-order valence-corrected chi connectivity index (χ2v) is 7.00. The summed E-state index contributed by atoms with van der Waals surface area (Å²) in [5.41, 5.74) is 2.37. The molecule has 0 bridgehead atoms. The van der Waals surface area contributed by atoms with Crippen molar-refractivity contribution >= 4 is 27.1 Å². The van der Waals surface area contributed by atoms with Gasteiger partial charge in [-0.2, -0.15) is 4.40 Å². The van der Waals surface area contributed by atoms with E-state index in [4.69, 9.17) is 18.9 Å². The van der Waals surface area contributed by atoms with Crippen molar-refractivity contribution in [3.8, 4) is 23.0 Å². The van der Waals surface area contributed by atoms with Gasteiger partial charge in [-0.25, -0.2) is 0 Å². The minimum atomic E-state index is 0.720. The molecule has 0 saturated carbocycles. The summed E-state index contributed by atoms with van der Waals surface area (Å²) < 4.78 is 24.4. The minimum Gasteiger partial charge on any atom is -0.493 e. The van der Waals surface area contributed by atoms with Crippen LogP contribution in [0, 0.1) is 0 Å². The summed E-state index contributed by atoms with van der Waals surface area (Å²) in [4.78, 5) is 0. The van der Waals surface area contributed by atoms with E-state index in [1.165, 1.54) is 11.1 Å². The minimum absolute atomic E-state index is 0.720. The van der Waals surface area contributed by atoms with Crippen molar-refractivity contribution in [3.63, 3.8) is 0 Å². The second-order valence-electron chi connectivity index (χ2n) is 7.00. The first-order valence-electron chi connectivity index (χ1n) is 9.72. The lowest BCUT2D eigenvalue weighted by atomic mass is 10.0. The molecule has 5 nitrogen and oxygen atoms in total. The molecule has 4 rings (SSSR count). The van der Waals surface area contributed by atoms with Gasteiger partial charge in [-0.05, 0) is 41.5 Å². The van der Waals surface area contributed by atoms with Crippen LogP contribution in [0.4, 0.5) is 0 Å². The zero-order valence-corrected chi connectivity index (χ0v) is 17.5. The predicted molar refractivity (Wildman–Crippen MR) is 115 cm³/mol. The lowest BCUT2D eigenvalue weighted by Crippen LogP contribution is -2.28. The first kappa shape index (κ1) is 19.1. The number of fused-ring (bicyclic) bond motifs is 4. The second kappa shape index (κ2) is 7.66. The molecule has 0 N–H and O–H groups in total. The normalized spacial score (nSPS) is 11.2. The quantitative estimate of drug-likeness (QED) is 0.270. The molecular weight excluding hydrogens is 366 g/mol. The number of pyridine rings is 2. The zero-order chi connectivity index (χ0) is 20.5. The van der Waals surface area contributed by atoms with E-state index in [1.54, 1.807) is 28.4 Å². The Kier molecular flexibility index (Phi) is 5.05. The molecule has 5 heteroatoms. The molecule has 2 heterocycles. The third kappa shape index (κ3) is 3.07. The molecule has 0 spiro atoms. The van der Waals surface area contributed by atoms with E-state index in [2.05, 4.69) is 35.7 Å². The highest BCUT2D eigenvalue weighted by atomic mass is 16.5. The average Bonchev–Trinajstić information content (AvgIpc) is 2.76. The van der Waals surface area contributed by atoms with Crippen molar-refractivity contribution in [1.29, 1.82) is 0 Å². The van der Waals surface area contributed by atoms with Gasteiger partial charge < -0.3 is 18.9 Å². The third-order valence-electron chi connectivity index (χ3n) is 5.43. The molecule has 0 fully saturated rings. The molecule has 0 unspecified atom stereocenters. The van der Waals surface area contributed by atoms with E-state index in [9.17, 15) is 0 Å². The van der Waals surface area contributed by atoms with Gasteiger partial charge in [0, 0.05) is 18.6 Å². The standard InChI is InChI=1S/C24H26NO4/c1-6-7-19-18-14-24(29-5)22(27-3)12-16(18)10-20-17-13-23(28-4)21(26-2)11-15(17)8-9-25(19)20/h8-14H,6-7H2,1-5H3/q+1. The van der Waals surface area contributed by atoms with Gasteiger partial charge in [-0.15, -0.1) is 0 Å². The molecular formula is C24H26NO4+. The molecule has 4 aromatic rings. The number of aryl methyl sites for hydroxylation is 1. The Hall–Kier alpha value is -3.21. The number of hydrogen-bond donors (Lipinski definition) is 0. The summed E-state index contributed by atoms with van der Waals surface area (Å²) in [6.07, 6.45) is 4.12. The maximum absolute atomic E-state index is 5.55. The Labute approximate surface area is 170 Å². The number of ether oxygens (including phenoxy) is 4. The molecule has 29 heavy (non-hydrogen) atoms. The molecule has 0 amide bonds. The van der Waals surface area contributed by atoms with Gasteiger partial charge in [0.2, 0.25) is 5.52 Å². The van der Waals surface area contributed by atoms with Crippen LogP contribution in [0.15, 0.2) is 42.6 Å². The number of methoxy groups -OCH3 is 4. The maximum Gasteiger partial charge on any atom is 0.219 e. The molecule has 150 valence electrons. The SMILES string of the molecule is CCCc1c2cc(OC)c(OC)cc2cc2c3cc(OC)c(OC)cc3cc[n+]12. The fourth-order valence-corrected chi connectivity index (χ4v) is 4.04. The highest BCUT2D eigenvalue weighted by molar-refractivity contribution is 6.00. The van der Waals surface area contributed by atoms with Crippen molar-refractivity contribution in [2.45, 2.75) is 19.8 Å². The first-order chi connectivity index (χ1) is 14.1. The predicted octanol–water partition coefficient (Wildman–Crippen LogP) is 4.72. The van der Waals surface area contributed by atoms with Gasteiger partial charge >= 0.3 is 0 Å². The third-order valence-corrected chi connectivity index (χ3v) is 5.43. The van der Waals surface area contributed by atoms with Crippen molar-refractivity contribution in [1.82, 2.24) is 0 Å². The van der Waals surface area contributed by atoms with Gasteiger partial charge in [-0.1, -0.05) is 6.92 Å². The monoisotopic (exact) mass is 392 g/mol. The van der Waals surface area contributed by atoms with Crippen LogP contribution in [-0.2, 0) is 6.42 Å². The molecule has 2 aromatic heterocycles. The smallest absolute Gasteiger partial charge is 0.219 e. The highest BCUT2D eigenvalue weighted by Crippen LogP contribution is 2.37. The lowest BCUT2D eigenvalue weighted by Gasteiger charge is -2.12. The largest absolute Gasteiger partial charge is 0.493 e. The van der Waals surface area contributed by atoms with Crippen LogP contribution in [0.3, 0.4) is 0 Å². The Morgan fingerprint density at radius 3 is 1.83 bits per heavy atom. The topological polar surface area (TPSA) is 41.0 Å². The van der Waals surface area contributed by atoms with Gasteiger partial charge in [-0.3, -0.25) is 0 Å². The van der Waals surface area contributed by atoms with E-state index in [0.29, 0.717) is 0 Å². The number of nitrogens with zero attached hydrogens (tertiary/aromatic N) is 1. The number of hydrogen-bond acceptors (Lipinski definition) is 4. The average molecular weight is 392 g/mol. The summed E-state index contributed by atoms with van der Waals surface area (Å²) in [6, 6.07) is 12.5. The van der Waals surface area contributed by atoms with Crippen LogP contribution in [-0.4, -0.2) is 28.4 Å². The molecule has 0 atom stereocenters. The molecule has 0 radical (unpaired) electrons. The molecule has 0 aliphatic heterocycles. The van der Waals surface area contributed by atoms with Crippen LogP contribution < -0.4 is 23.3 Å². The summed E-state index contributed by atoms with van der Waals surface area (Å²) in [5.74, 6) is 2.92. The Balaban J connectivity index is 2.15. The van der Waals surface area contributed by atoms with Gasteiger partial charge in [0.1, 0.15) is 0 Å². The van der Waals surface area contributed by atoms with Crippen LogP contribution in [0.1, 0.15) is 19.0 Å². The summed E-state index contributed by atoms with van der Waals surface area (Å²) >= 11 is 0. The van der Waals surface area contributed by atoms with Crippen molar-refractivity contribution < 1.29 is 23.3 Å². The van der Waals surface area contributed by atoms with E-state index < -0.39 is 0 Å². The Morgan fingerprint density at radius 1 is 0.690 bits per heavy atom. The number of aromatic nitrogens is 1. The van der Waals surface area contributed by atoms with Gasteiger partial charge in [0.05, 0.1) is 39.2 Å². The first-order valence-corrected chi connectivity index (χ1v) is 9.72. The molecule has 0 aliphatic rings. The van der Waals surface area contributed by atoms with E-state index in [0.717, 1.165) is 57.5 Å². The maximum atomic E-state index is 5.55. The van der Waals surface area contributed by atoms with Crippen molar-refractivity contribution in [2.24, 2.45) is 0 Å². The van der Waals surface area contributed by atoms with Gasteiger partial charge in [0.25, 0.3) is 0 Å². The summed E-state index contributed by atoms with van der Waals surface area (Å²) in [7, 11) is 6.66. The van der Waals surface area contributed by atoms with E-state index in [1.807, 2.05) is 18.2 Å². The summed E-state index contributed by atoms with van der Waals surface area (Å²) in [6.45, 7) is 2.20. The van der Waals surface area contributed by atoms with Crippen LogP contribution in [0.5, 0.6) is 23.0 Å². The molecule has 0 saturated heterocycles. The Morgan fingerprint density at radius 2 is 1.24 bits per heavy atom. The van der Waals surface area contributed by atoms with E-state index >= 15 is 0 Å². The zero-order valence-electron chi connectivity index (χ0n) is 17.5. The van der Waals surface area contributed by atoms with Crippen LogP contribution >= 0.6 is 0 Å². The molecule has 0 aliphatic carbocycles. The summed E-state index contributed by atoms with van der Waals surface area (Å²) in [5, 5.41) is 4.50. The number of rotatable bonds is 6. The lowest BCUT2D eigenvalue weighted by molar-refractivity contribution is -0.518. The van der Waals surface area contributed by atoms with Gasteiger partial charge in [0.15, 0.2) is 34.9 Å².